The first-order valence-corrected chi connectivity index (χ1v) is 9.66. The molecule has 0 bridgehead atoms. The van der Waals surface area contributed by atoms with Gasteiger partial charge in [0.05, 0.1) is 39.4 Å². The number of carbonyl (C=O) groups is 1. The molecule has 2 aromatic carbocycles. The van der Waals surface area contributed by atoms with Crippen molar-refractivity contribution in [2.24, 2.45) is 0 Å². The van der Waals surface area contributed by atoms with E-state index in [1.807, 2.05) is 42.5 Å². The molecule has 1 aliphatic heterocycles. The minimum absolute atomic E-state index is 0.0305. The third-order valence-electron chi connectivity index (χ3n) is 4.74. The molecule has 2 aromatic rings. The number of para-hydroxylation sites is 2. The van der Waals surface area contributed by atoms with Gasteiger partial charge in [-0.1, -0.05) is 42.5 Å². The molecule has 1 N–H and O–H groups in total. The molecule has 1 amide bonds. The molecule has 0 spiro atoms. The largest absolute Gasteiger partial charge is 0.493 e. The van der Waals surface area contributed by atoms with Crippen LogP contribution in [0.5, 0.6) is 11.5 Å². The van der Waals surface area contributed by atoms with E-state index in [4.69, 9.17) is 14.2 Å². The smallest absolute Gasteiger partial charge is 0.223 e. The molecule has 1 saturated heterocycles. The molecule has 0 saturated carbocycles. The van der Waals surface area contributed by atoms with Gasteiger partial charge in [0.1, 0.15) is 0 Å². The van der Waals surface area contributed by atoms with Gasteiger partial charge in [-0.25, -0.2) is 0 Å². The van der Waals surface area contributed by atoms with E-state index < -0.39 is 0 Å². The van der Waals surface area contributed by atoms with E-state index >= 15 is 0 Å². The molecule has 1 aliphatic rings. The summed E-state index contributed by atoms with van der Waals surface area (Å²) in [4.78, 5) is 14.9. The van der Waals surface area contributed by atoms with Crippen LogP contribution >= 0.6 is 0 Å². The second-order valence-corrected chi connectivity index (χ2v) is 6.69. The molecule has 0 radical (unpaired) electrons. The molecule has 150 valence electrons. The lowest BCUT2D eigenvalue weighted by Crippen LogP contribution is -2.43. The molecular weight excluding hydrogens is 356 g/mol. The Morgan fingerprint density at radius 3 is 2.46 bits per heavy atom. The van der Waals surface area contributed by atoms with Gasteiger partial charge in [-0.2, -0.15) is 0 Å². The molecule has 1 atom stereocenters. The van der Waals surface area contributed by atoms with Gasteiger partial charge in [0.2, 0.25) is 5.91 Å². The summed E-state index contributed by atoms with van der Waals surface area (Å²) in [5.74, 6) is 1.28. The van der Waals surface area contributed by atoms with Crippen LogP contribution in [0.3, 0.4) is 0 Å². The molecule has 6 nitrogen and oxygen atoms in total. The SMILES string of the molecule is COc1ccccc1OCCC(=O)NC(CN1CCOCC1)c1ccccc1. The van der Waals surface area contributed by atoms with Gasteiger partial charge >= 0.3 is 0 Å². The van der Waals surface area contributed by atoms with Gasteiger partial charge in [0.25, 0.3) is 0 Å². The zero-order valence-corrected chi connectivity index (χ0v) is 16.3. The lowest BCUT2D eigenvalue weighted by Gasteiger charge is -2.31. The molecule has 6 heteroatoms. The van der Waals surface area contributed by atoms with Crippen LogP contribution in [0.2, 0.25) is 0 Å². The molecule has 0 aromatic heterocycles. The van der Waals surface area contributed by atoms with Crippen molar-refractivity contribution in [2.75, 3.05) is 46.6 Å². The maximum absolute atomic E-state index is 12.5. The normalized spacial score (nSPS) is 15.6. The quantitative estimate of drug-likeness (QED) is 0.720. The molecule has 1 unspecified atom stereocenters. The number of ether oxygens (including phenoxy) is 3. The summed E-state index contributed by atoms with van der Waals surface area (Å²) in [6.07, 6.45) is 0.282. The minimum atomic E-state index is -0.0574. The second kappa shape index (κ2) is 10.7. The minimum Gasteiger partial charge on any atom is -0.493 e. The van der Waals surface area contributed by atoms with E-state index in [2.05, 4.69) is 22.3 Å². The van der Waals surface area contributed by atoms with Crippen LogP contribution in [0.4, 0.5) is 0 Å². The number of hydrogen-bond acceptors (Lipinski definition) is 5. The first-order chi connectivity index (χ1) is 13.8. The Morgan fingerprint density at radius 2 is 1.75 bits per heavy atom. The van der Waals surface area contributed by atoms with Gasteiger partial charge < -0.3 is 19.5 Å². The second-order valence-electron chi connectivity index (χ2n) is 6.69. The van der Waals surface area contributed by atoms with E-state index in [1.54, 1.807) is 7.11 Å². The van der Waals surface area contributed by atoms with E-state index in [9.17, 15) is 4.79 Å². The summed E-state index contributed by atoms with van der Waals surface area (Å²) >= 11 is 0. The molecule has 28 heavy (non-hydrogen) atoms. The van der Waals surface area contributed by atoms with Crippen molar-refractivity contribution in [3.8, 4) is 11.5 Å². The Kier molecular flexibility index (Phi) is 7.70. The Bertz CT molecular complexity index is 732. The van der Waals surface area contributed by atoms with E-state index in [1.165, 1.54) is 0 Å². The van der Waals surface area contributed by atoms with E-state index in [0.717, 1.165) is 38.4 Å². The third kappa shape index (κ3) is 5.97. The number of amides is 1. The average molecular weight is 384 g/mol. The highest BCUT2D eigenvalue weighted by atomic mass is 16.5. The Morgan fingerprint density at radius 1 is 1.07 bits per heavy atom. The highest BCUT2D eigenvalue weighted by Crippen LogP contribution is 2.25. The van der Waals surface area contributed by atoms with Crippen LogP contribution in [0.25, 0.3) is 0 Å². The van der Waals surface area contributed by atoms with Gasteiger partial charge in [-0.05, 0) is 17.7 Å². The fourth-order valence-electron chi connectivity index (χ4n) is 3.22. The van der Waals surface area contributed by atoms with Crippen molar-refractivity contribution in [1.82, 2.24) is 10.2 Å². The summed E-state index contributed by atoms with van der Waals surface area (Å²) < 4.78 is 16.4. The molecular formula is C22H28N2O4. The van der Waals surface area contributed by atoms with Gasteiger partial charge in [-0.15, -0.1) is 0 Å². The van der Waals surface area contributed by atoms with Crippen molar-refractivity contribution < 1.29 is 19.0 Å². The summed E-state index contributed by atoms with van der Waals surface area (Å²) in [6, 6.07) is 17.5. The van der Waals surface area contributed by atoms with Crippen molar-refractivity contribution in [3.05, 3.63) is 60.2 Å². The first kappa shape index (κ1) is 20.2. The van der Waals surface area contributed by atoms with Gasteiger partial charge in [-0.3, -0.25) is 9.69 Å². The topological polar surface area (TPSA) is 60.0 Å². The maximum Gasteiger partial charge on any atom is 0.223 e. The molecule has 3 rings (SSSR count). The highest BCUT2D eigenvalue weighted by molar-refractivity contribution is 5.76. The number of methoxy groups -OCH3 is 1. The number of morpholine rings is 1. The van der Waals surface area contributed by atoms with E-state index in [0.29, 0.717) is 18.1 Å². The molecule has 0 aliphatic carbocycles. The van der Waals surface area contributed by atoms with Gasteiger partial charge in [0.15, 0.2) is 11.5 Å². The number of benzene rings is 2. The monoisotopic (exact) mass is 384 g/mol. The Labute approximate surface area is 166 Å². The van der Waals surface area contributed by atoms with Gasteiger partial charge in [0, 0.05) is 19.6 Å². The predicted octanol–water partition coefficient (Wildman–Crippen LogP) is 2.65. The fourth-order valence-corrected chi connectivity index (χ4v) is 3.22. The zero-order chi connectivity index (χ0) is 19.6. The number of carbonyl (C=O) groups excluding carboxylic acids is 1. The molecule has 1 heterocycles. The fraction of sp³-hybridized carbons (Fsp3) is 0.409. The lowest BCUT2D eigenvalue weighted by atomic mass is 10.1. The van der Waals surface area contributed by atoms with Crippen molar-refractivity contribution in [1.29, 1.82) is 0 Å². The summed E-state index contributed by atoms with van der Waals surface area (Å²) in [6.45, 7) is 4.31. The summed E-state index contributed by atoms with van der Waals surface area (Å²) in [7, 11) is 1.60. The maximum atomic E-state index is 12.5. The Hall–Kier alpha value is -2.57. The van der Waals surface area contributed by atoms with Crippen LogP contribution in [0.1, 0.15) is 18.0 Å². The first-order valence-electron chi connectivity index (χ1n) is 9.66. The van der Waals surface area contributed by atoms with Crippen LogP contribution in [0, 0.1) is 0 Å². The molecule has 1 fully saturated rings. The number of hydrogen-bond donors (Lipinski definition) is 1. The number of nitrogens with zero attached hydrogens (tertiary/aromatic N) is 1. The van der Waals surface area contributed by atoms with E-state index in [-0.39, 0.29) is 18.4 Å². The zero-order valence-electron chi connectivity index (χ0n) is 16.3. The predicted molar refractivity (Wildman–Crippen MR) is 108 cm³/mol. The van der Waals surface area contributed by atoms with Crippen molar-refractivity contribution >= 4 is 5.91 Å². The number of rotatable bonds is 9. The van der Waals surface area contributed by atoms with Crippen LogP contribution in [-0.4, -0.2) is 57.4 Å². The van der Waals surface area contributed by atoms with Crippen LogP contribution < -0.4 is 14.8 Å². The third-order valence-corrected chi connectivity index (χ3v) is 4.74. The number of nitrogens with one attached hydrogen (secondary N) is 1. The summed E-state index contributed by atoms with van der Waals surface area (Å²) in [5, 5.41) is 3.16. The van der Waals surface area contributed by atoms with Crippen molar-refractivity contribution in [2.45, 2.75) is 12.5 Å². The van der Waals surface area contributed by atoms with Crippen LogP contribution in [-0.2, 0) is 9.53 Å². The van der Waals surface area contributed by atoms with Crippen LogP contribution in [0.15, 0.2) is 54.6 Å². The lowest BCUT2D eigenvalue weighted by molar-refractivity contribution is -0.122. The highest BCUT2D eigenvalue weighted by Gasteiger charge is 2.20. The Balaban J connectivity index is 1.54. The average Bonchev–Trinajstić information content (AvgIpc) is 2.75. The summed E-state index contributed by atoms with van der Waals surface area (Å²) in [5.41, 5.74) is 1.10. The van der Waals surface area contributed by atoms with Crippen molar-refractivity contribution in [3.63, 3.8) is 0 Å². The standard InChI is InChI=1S/C22H28N2O4/c1-26-20-9-5-6-10-21(20)28-14-11-22(25)23-19(18-7-3-2-4-8-18)17-24-12-15-27-16-13-24/h2-10,19H,11-17H2,1H3,(H,23,25).